The predicted molar refractivity (Wildman–Crippen MR) is 69.7 cm³/mol. The zero-order chi connectivity index (χ0) is 15.6. The molecule has 0 atom stereocenters. The summed E-state index contributed by atoms with van der Waals surface area (Å²) in [5, 5.41) is 0. The molecule has 0 aliphatic rings. The maximum Gasteiger partial charge on any atom is 0.418 e. The largest absolute Gasteiger partial charge is 0.418 e. The lowest BCUT2D eigenvalue weighted by molar-refractivity contribution is -0.137. The van der Waals surface area contributed by atoms with E-state index >= 15 is 0 Å². The molecule has 0 fully saturated rings. The highest BCUT2D eigenvalue weighted by Crippen LogP contribution is 2.36. The molecular formula is C15H10F5N. The molecule has 0 aromatic heterocycles. The first-order valence-electron chi connectivity index (χ1n) is 5.96. The van der Waals surface area contributed by atoms with Gasteiger partial charge in [-0.05, 0) is 31.2 Å². The lowest BCUT2D eigenvalue weighted by Gasteiger charge is -2.10. The van der Waals surface area contributed by atoms with Crippen LogP contribution in [0.4, 0.5) is 27.6 Å². The van der Waals surface area contributed by atoms with Gasteiger partial charge in [0.15, 0.2) is 0 Å². The van der Waals surface area contributed by atoms with Crippen LogP contribution in [0, 0.1) is 11.6 Å². The summed E-state index contributed by atoms with van der Waals surface area (Å²) < 4.78 is 64.9. The number of aliphatic imine (C=N–C) groups is 1. The van der Waals surface area contributed by atoms with Gasteiger partial charge >= 0.3 is 6.18 Å². The molecule has 2 aromatic rings. The first kappa shape index (κ1) is 15.2. The minimum absolute atomic E-state index is 0.0317. The highest BCUT2D eigenvalue weighted by Gasteiger charge is 2.33. The van der Waals surface area contributed by atoms with Crippen LogP contribution in [-0.4, -0.2) is 5.71 Å². The Kier molecular flexibility index (Phi) is 4.06. The van der Waals surface area contributed by atoms with Gasteiger partial charge in [0.2, 0.25) is 0 Å². The SMILES string of the molecule is CC(=Nc1ccccc1C(F)(F)F)c1ccc(F)cc1F. The lowest BCUT2D eigenvalue weighted by atomic mass is 10.1. The molecule has 21 heavy (non-hydrogen) atoms. The predicted octanol–water partition coefficient (Wildman–Crippen LogP) is 5.12. The summed E-state index contributed by atoms with van der Waals surface area (Å²) >= 11 is 0. The van der Waals surface area contributed by atoms with Crippen LogP contribution in [0.5, 0.6) is 0 Å². The molecule has 0 saturated heterocycles. The molecule has 0 unspecified atom stereocenters. The van der Waals surface area contributed by atoms with Gasteiger partial charge < -0.3 is 0 Å². The lowest BCUT2D eigenvalue weighted by Crippen LogP contribution is -2.06. The Hall–Kier alpha value is -2.24. The number of halogens is 5. The summed E-state index contributed by atoms with van der Waals surface area (Å²) in [5.41, 5.74) is -1.24. The van der Waals surface area contributed by atoms with Crippen molar-refractivity contribution in [2.45, 2.75) is 13.1 Å². The van der Waals surface area contributed by atoms with Crippen LogP contribution in [0.3, 0.4) is 0 Å². The normalized spacial score (nSPS) is 12.6. The number of alkyl halides is 3. The van der Waals surface area contributed by atoms with E-state index in [1.807, 2.05) is 0 Å². The second-order valence-electron chi connectivity index (χ2n) is 4.34. The smallest absolute Gasteiger partial charge is 0.252 e. The average Bonchev–Trinajstić information content (AvgIpc) is 2.37. The topological polar surface area (TPSA) is 12.4 Å². The molecule has 6 heteroatoms. The molecular weight excluding hydrogens is 289 g/mol. The number of hydrogen-bond donors (Lipinski definition) is 0. The Bertz CT molecular complexity index is 689. The van der Waals surface area contributed by atoms with Gasteiger partial charge in [0.05, 0.1) is 11.3 Å². The Morgan fingerprint density at radius 1 is 1.00 bits per heavy atom. The fourth-order valence-corrected chi connectivity index (χ4v) is 1.83. The van der Waals surface area contributed by atoms with E-state index in [0.29, 0.717) is 6.07 Å². The second kappa shape index (κ2) is 5.63. The van der Waals surface area contributed by atoms with Gasteiger partial charge in [-0.25, -0.2) is 8.78 Å². The zero-order valence-electron chi connectivity index (χ0n) is 10.9. The molecule has 110 valence electrons. The summed E-state index contributed by atoms with van der Waals surface area (Å²) in [6.45, 7) is 1.36. The molecule has 0 heterocycles. The van der Waals surface area contributed by atoms with E-state index in [9.17, 15) is 22.0 Å². The third-order valence-corrected chi connectivity index (χ3v) is 2.82. The van der Waals surface area contributed by atoms with Crippen LogP contribution in [0.1, 0.15) is 18.1 Å². The van der Waals surface area contributed by atoms with Crippen molar-refractivity contribution in [2.75, 3.05) is 0 Å². The molecule has 1 nitrogen and oxygen atoms in total. The second-order valence-corrected chi connectivity index (χ2v) is 4.34. The monoisotopic (exact) mass is 299 g/mol. The quantitative estimate of drug-likeness (QED) is 0.539. The van der Waals surface area contributed by atoms with Gasteiger partial charge in [-0.15, -0.1) is 0 Å². The van der Waals surface area contributed by atoms with Crippen LogP contribution in [-0.2, 0) is 6.18 Å². The molecule has 0 bridgehead atoms. The fourth-order valence-electron chi connectivity index (χ4n) is 1.83. The van der Waals surface area contributed by atoms with Crippen LogP contribution >= 0.6 is 0 Å². The van der Waals surface area contributed by atoms with Crippen molar-refractivity contribution in [3.63, 3.8) is 0 Å². The average molecular weight is 299 g/mol. The summed E-state index contributed by atoms with van der Waals surface area (Å²) in [4.78, 5) is 3.82. The van der Waals surface area contributed by atoms with Crippen LogP contribution < -0.4 is 0 Å². The summed E-state index contributed by atoms with van der Waals surface area (Å²) in [7, 11) is 0. The first-order chi connectivity index (χ1) is 9.79. The van der Waals surface area contributed by atoms with Crippen LogP contribution in [0.2, 0.25) is 0 Å². The van der Waals surface area contributed by atoms with Gasteiger partial charge in [-0.3, -0.25) is 4.99 Å². The molecule has 2 aromatic carbocycles. The maximum atomic E-state index is 13.6. The molecule has 0 radical (unpaired) electrons. The fraction of sp³-hybridized carbons (Fsp3) is 0.133. The van der Waals surface area contributed by atoms with E-state index in [1.165, 1.54) is 25.1 Å². The van der Waals surface area contributed by atoms with Gasteiger partial charge in [0, 0.05) is 17.3 Å². The van der Waals surface area contributed by atoms with Gasteiger partial charge in [-0.1, -0.05) is 12.1 Å². The third kappa shape index (κ3) is 3.45. The van der Waals surface area contributed by atoms with E-state index in [2.05, 4.69) is 4.99 Å². The zero-order valence-corrected chi connectivity index (χ0v) is 10.9. The van der Waals surface area contributed by atoms with Gasteiger partial charge in [-0.2, -0.15) is 13.2 Å². The first-order valence-corrected chi connectivity index (χ1v) is 5.96. The van der Waals surface area contributed by atoms with Crippen molar-refractivity contribution in [3.8, 4) is 0 Å². The standard InChI is InChI=1S/C15H10F5N/c1-9(11-7-6-10(16)8-13(11)17)21-14-5-3-2-4-12(14)15(18,19)20/h2-8H,1H3. The minimum atomic E-state index is -4.55. The van der Waals surface area contributed by atoms with E-state index in [0.717, 1.165) is 18.2 Å². The number of nitrogens with zero attached hydrogens (tertiary/aromatic N) is 1. The Balaban J connectivity index is 2.49. The molecule has 0 aliphatic carbocycles. The van der Waals surface area contributed by atoms with Gasteiger partial charge in [0.25, 0.3) is 0 Å². The van der Waals surface area contributed by atoms with E-state index < -0.39 is 23.4 Å². The molecule has 0 saturated carbocycles. The molecule has 0 aliphatic heterocycles. The van der Waals surface area contributed by atoms with Crippen LogP contribution in [0.25, 0.3) is 0 Å². The summed E-state index contributed by atoms with van der Waals surface area (Å²) in [6.07, 6.45) is -4.55. The van der Waals surface area contributed by atoms with Crippen molar-refractivity contribution in [1.82, 2.24) is 0 Å². The number of benzene rings is 2. The molecule has 2 rings (SSSR count). The minimum Gasteiger partial charge on any atom is -0.252 e. The molecule has 0 amide bonds. The van der Waals surface area contributed by atoms with Crippen LogP contribution in [0.15, 0.2) is 47.5 Å². The van der Waals surface area contributed by atoms with E-state index in [1.54, 1.807) is 0 Å². The highest BCUT2D eigenvalue weighted by atomic mass is 19.4. The maximum absolute atomic E-state index is 13.6. The van der Waals surface area contributed by atoms with Crippen molar-refractivity contribution < 1.29 is 22.0 Å². The number of rotatable bonds is 2. The van der Waals surface area contributed by atoms with E-state index in [4.69, 9.17) is 0 Å². The number of para-hydroxylation sites is 1. The third-order valence-electron chi connectivity index (χ3n) is 2.82. The summed E-state index contributed by atoms with van der Waals surface area (Å²) in [6, 6.07) is 7.55. The van der Waals surface area contributed by atoms with Crippen molar-refractivity contribution in [3.05, 3.63) is 65.2 Å². The van der Waals surface area contributed by atoms with Gasteiger partial charge in [0.1, 0.15) is 11.6 Å². The van der Waals surface area contributed by atoms with Crippen molar-refractivity contribution in [2.24, 2.45) is 4.99 Å². The molecule has 0 spiro atoms. The van der Waals surface area contributed by atoms with Crippen molar-refractivity contribution in [1.29, 1.82) is 0 Å². The Morgan fingerprint density at radius 2 is 1.67 bits per heavy atom. The molecule has 0 N–H and O–H groups in total. The van der Waals surface area contributed by atoms with E-state index in [-0.39, 0.29) is 17.0 Å². The Labute approximate surface area is 117 Å². The highest BCUT2D eigenvalue weighted by molar-refractivity contribution is 6.00. The Morgan fingerprint density at radius 3 is 2.29 bits per heavy atom. The summed E-state index contributed by atoms with van der Waals surface area (Å²) in [5.74, 6) is -1.64. The van der Waals surface area contributed by atoms with Crippen molar-refractivity contribution >= 4 is 11.4 Å². The number of hydrogen-bond acceptors (Lipinski definition) is 1.